The van der Waals surface area contributed by atoms with E-state index in [0.29, 0.717) is 13.1 Å². The fourth-order valence-electron chi connectivity index (χ4n) is 2.18. The molecule has 0 unspecified atom stereocenters. The van der Waals surface area contributed by atoms with Crippen molar-refractivity contribution < 1.29 is 8.42 Å². The molecule has 0 aromatic heterocycles. The maximum Gasteiger partial charge on any atom is 0.211 e. The first-order valence-corrected chi connectivity index (χ1v) is 7.53. The normalized spacial score (nSPS) is 23.8. The van der Waals surface area contributed by atoms with Gasteiger partial charge in [-0.15, -0.1) is 0 Å². The number of piperazine rings is 1. The number of sulfonamides is 1. The van der Waals surface area contributed by atoms with E-state index in [2.05, 4.69) is 4.90 Å². The van der Waals surface area contributed by atoms with Crippen molar-refractivity contribution in [2.24, 2.45) is 0 Å². The first kappa shape index (κ1) is 12.5. The molecular formula is C12H18N2O2S. The predicted molar refractivity (Wildman–Crippen MR) is 68.2 cm³/mol. The van der Waals surface area contributed by atoms with Crippen LogP contribution in [0.3, 0.4) is 0 Å². The molecule has 1 atom stereocenters. The van der Waals surface area contributed by atoms with Crippen LogP contribution in [0.15, 0.2) is 30.3 Å². The average molecular weight is 254 g/mol. The zero-order chi connectivity index (χ0) is 12.5. The second-order valence-corrected chi connectivity index (χ2v) is 6.51. The molecule has 17 heavy (non-hydrogen) atoms. The van der Waals surface area contributed by atoms with E-state index in [1.165, 1.54) is 11.8 Å². The van der Waals surface area contributed by atoms with Gasteiger partial charge in [-0.05, 0) is 12.6 Å². The van der Waals surface area contributed by atoms with E-state index < -0.39 is 10.0 Å². The van der Waals surface area contributed by atoms with E-state index in [1.807, 2.05) is 37.4 Å². The molecule has 0 aliphatic carbocycles. The number of hydrogen-bond acceptors (Lipinski definition) is 3. The van der Waals surface area contributed by atoms with Crippen molar-refractivity contribution in [3.05, 3.63) is 35.9 Å². The van der Waals surface area contributed by atoms with Crippen molar-refractivity contribution in [2.45, 2.75) is 6.04 Å². The lowest BCUT2D eigenvalue weighted by atomic mass is 10.0. The summed E-state index contributed by atoms with van der Waals surface area (Å²) >= 11 is 0. The lowest BCUT2D eigenvalue weighted by Gasteiger charge is -2.38. The molecule has 5 heteroatoms. The number of hydrogen-bond donors (Lipinski definition) is 0. The summed E-state index contributed by atoms with van der Waals surface area (Å²) in [5, 5.41) is 0. The van der Waals surface area contributed by atoms with E-state index in [0.717, 1.165) is 6.54 Å². The molecule has 0 radical (unpaired) electrons. The lowest BCUT2D eigenvalue weighted by Crippen LogP contribution is -2.48. The lowest BCUT2D eigenvalue weighted by molar-refractivity contribution is 0.149. The SMILES string of the molecule is CN1CCN(S(C)(=O)=O)C[C@@H]1c1ccccc1. The van der Waals surface area contributed by atoms with Gasteiger partial charge in [0.1, 0.15) is 0 Å². The molecule has 1 aliphatic rings. The molecule has 0 saturated carbocycles. The summed E-state index contributed by atoms with van der Waals surface area (Å²) in [5.74, 6) is 0. The van der Waals surface area contributed by atoms with E-state index >= 15 is 0 Å². The first-order chi connectivity index (χ1) is 7.98. The molecule has 1 aliphatic heterocycles. The van der Waals surface area contributed by atoms with Crippen molar-refractivity contribution in [1.82, 2.24) is 9.21 Å². The van der Waals surface area contributed by atoms with Crippen molar-refractivity contribution in [3.63, 3.8) is 0 Å². The molecule has 4 nitrogen and oxygen atoms in total. The molecule has 94 valence electrons. The highest BCUT2D eigenvalue weighted by Gasteiger charge is 2.29. The summed E-state index contributed by atoms with van der Waals surface area (Å²) in [5.41, 5.74) is 1.17. The van der Waals surface area contributed by atoms with Gasteiger partial charge in [0.25, 0.3) is 0 Å². The highest BCUT2D eigenvalue weighted by molar-refractivity contribution is 7.88. The number of nitrogens with zero attached hydrogens (tertiary/aromatic N) is 2. The summed E-state index contributed by atoms with van der Waals surface area (Å²) in [6.07, 6.45) is 1.28. The van der Waals surface area contributed by atoms with Gasteiger partial charge in [0.2, 0.25) is 10.0 Å². The van der Waals surface area contributed by atoms with Crippen molar-refractivity contribution in [2.75, 3.05) is 32.9 Å². The summed E-state index contributed by atoms with van der Waals surface area (Å²) < 4.78 is 24.7. The van der Waals surface area contributed by atoms with Crippen LogP contribution in [0.25, 0.3) is 0 Å². The van der Waals surface area contributed by atoms with Crippen LogP contribution in [0.1, 0.15) is 11.6 Å². The van der Waals surface area contributed by atoms with E-state index in [-0.39, 0.29) is 6.04 Å². The Morgan fingerprint density at radius 1 is 1.18 bits per heavy atom. The second kappa shape index (κ2) is 4.76. The molecule has 0 amide bonds. The van der Waals surface area contributed by atoms with E-state index in [9.17, 15) is 8.42 Å². The molecule has 0 N–H and O–H groups in total. The van der Waals surface area contributed by atoms with Crippen LogP contribution in [-0.4, -0.2) is 50.6 Å². The molecule has 1 aromatic carbocycles. The molecule has 0 spiro atoms. The van der Waals surface area contributed by atoms with Gasteiger partial charge in [0.05, 0.1) is 6.26 Å². The fraction of sp³-hybridized carbons (Fsp3) is 0.500. The van der Waals surface area contributed by atoms with Gasteiger partial charge in [-0.3, -0.25) is 4.90 Å². The van der Waals surface area contributed by atoms with E-state index in [4.69, 9.17) is 0 Å². The molecule has 1 fully saturated rings. The summed E-state index contributed by atoms with van der Waals surface area (Å²) in [4.78, 5) is 2.21. The van der Waals surface area contributed by atoms with E-state index in [1.54, 1.807) is 4.31 Å². The average Bonchev–Trinajstić information content (AvgIpc) is 2.29. The largest absolute Gasteiger partial charge is 0.297 e. The molecule has 1 aromatic rings. The summed E-state index contributed by atoms with van der Waals surface area (Å²) in [7, 11) is -1.04. The topological polar surface area (TPSA) is 40.6 Å². The Morgan fingerprint density at radius 3 is 2.41 bits per heavy atom. The van der Waals surface area contributed by atoms with Crippen molar-refractivity contribution in [3.8, 4) is 0 Å². The zero-order valence-corrected chi connectivity index (χ0v) is 11.0. The summed E-state index contributed by atoms with van der Waals surface area (Å²) in [6, 6.07) is 10.2. The van der Waals surface area contributed by atoms with Gasteiger partial charge in [0, 0.05) is 25.7 Å². The van der Waals surface area contributed by atoms with Gasteiger partial charge >= 0.3 is 0 Å². The molecule has 1 saturated heterocycles. The Labute approximate surface area is 103 Å². The fourth-order valence-corrected chi connectivity index (χ4v) is 3.01. The maximum absolute atomic E-state index is 11.6. The minimum Gasteiger partial charge on any atom is -0.297 e. The highest BCUT2D eigenvalue weighted by atomic mass is 32.2. The summed E-state index contributed by atoms with van der Waals surface area (Å²) in [6.45, 7) is 1.89. The van der Waals surface area contributed by atoms with Crippen molar-refractivity contribution in [1.29, 1.82) is 0 Å². The quantitative estimate of drug-likeness (QED) is 0.788. The number of rotatable bonds is 2. The maximum atomic E-state index is 11.6. The molecular weight excluding hydrogens is 236 g/mol. The Bertz CT molecular complexity index is 473. The smallest absolute Gasteiger partial charge is 0.211 e. The first-order valence-electron chi connectivity index (χ1n) is 5.69. The minimum atomic E-state index is -3.08. The van der Waals surface area contributed by atoms with Gasteiger partial charge in [-0.2, -0.15) is 4.31 Å². The monoisotopic (exact) mass is 254 g/mol. The number of likely N-dealkylation sites (N-methyl/N-ethyl adjacent to an activating group) is 1. The number of benzene rings is 1. The minimum absolute atomic E-state index is 0.152. The molecule has 1 heterocycles. The molecule has 2 rings (SSSR count). The predicted octanol–water partition coefficient (Wildman–Crippen LogP) is 0.935. The zero-order valence-electron chi connectivity index (χ0n) is 10.2. The third-order valence-corrected chi connectivity index (χ3v) is 4.53. The Balaban J connectivity index is 2.22. The van der Waals surface area contributed by atoms with Gasteiger partial charge in [-0.25, -0.2) is 8.42 Å². The van der Waals surface area contributed by atoms with Gasteiger partial charge in [0.15, 0.2) is 0 Å². The Kier molecular flexibility index (Phi) is 3.51. The van der Waals surface area contributed by atoms with Crippen LogP contribution >= 0.6 is 0 Å². The van der Waals surface area contributed by atoms with Crippen LogP contribution in [0.4, 0.5) is 0 Å². The van der Waals surface area contributed by atoms with Crippen LogP contribution in [-0.2, 0) is 10.0 Å². The second-order valence-electron chi connectivity index (χ2n) is 4.53. The van der Waals surface area contributed by atoms with Crippen LogP contribution < -0.4 is 0 Å². The highest BCUT2D eigenvalue weighted by Crippen LogP contribution is 2.24. The standard InChI is InChI=1S/C12H18N2O2S/c1-13-8-9-14(17(2,15)16)10-12(13)11-6-4-3-5-7-11/h3-7,12H,8-10H2,1-2H3/t12-/m1/s1. The van der Waals surface area contributed by atoms with Crippen molar-refractivity contribution >= 4 is 10.0 Å². The van der Waals surface area contributed by atoms with Crippen LogP contribution in [0.2, 0.25) is 0 Å². The van der Waals surface area contributed by atoms with Crippen LogP contribution in [0, 0.1) is 0 Å². The molecule has 0 bridgehead atoms. The Morgan fingerprint density at radius 2 is 1.82 bits per heavy atom. The van der Waals surface area contributed by atoms with Crippen LogP contribution in [0.5, 0.6) is 0 Å². The third-order valence-electron chi connectivity index (χ3n) is 3.26. The third kappa shape index (κ3) is 2.86. The van der Waals surface area contributed by atoms with Gasteiger partial charge < -0.3 is 0 Å². The Hall–Kier alpha value is -0.910. The van der Waals surface area contributed by atoms with Gasteiger partial charge in [-0.1, -0.05) is 30.3 Å².